The molecule has 0 fully saturated rings. The third-order valence-corrected chi connectivity index (χ3v) is 9.66. The van der Waals surface area contributed by atoms with Crippen LogP contribution in [0.3, 0.4) is 0 Å². The molecule has 0 bridgehead atoms. The molecule has 10 rings (SSSR count). The first-order valence-corrected chi connectivity index (χ1v) is 16.5. The molecule has 0 aliphatic carbocycles. The second-order valence-electron chi connectivity index (χ2n) is 12.5. The highest BCUT2D eigenvalue weighted by Gasteiger charge is 2.21. The van der Waals surface area contributed by atoms with Gasteiger partial charge < -0.3 is 19.1 Å². The molecular formula is C44H29N3O2. The highest BCUT2D eigenvalue weighted by Crippen LogP contribution is 2.42. The van der Waals surface area contributed by atoms with Crippen molar-refractivity contribution < 1.29 is 8.83 Å². The monoisotopic (exact) mass is 631 g/mol. The average molecular weight is 632 g/mol. The SMILES string of the molecule is NC(=Nc1c(Cc2ccccc2)ccc2c1oc1ccccc12)c1cccc2c1oc1c2ccc2c3ccccc3n(-c3ccccc3)c21. The molecule has 3 heterocycles. The van der Waals surface area contributed by atoms with Gasteiger partial charge in [-0.25, -0.2) is 4.99 Å². The third-order valence-electron chi connectivity index (χ3n) is 9.66. The number of para-hydroxylation sites is 4. The molecule has 2 N–H and O–H groups in total. The summed E-state index contributed by atoms with van der Waals surface area (Å²) in [6.45, 7) is 0. The van der Waals surface area contributed by atoms with Gasteiger partial charge in [0.25, 0.3) is 0 Å². The number of aliphatic imine (C=N–C) groups is 1. The Labute approximate surface area is 281 Å². The average Bonchev–Trinajstić information content (AvgIpc) is 3.83. The first-order chi connectivity index (χ1) is 24.2. The molecule has 5 nitrogen and oxygen atoms in total. The van der Waals surface area contributed by atoms with Crippen molar-refractivity contribution >= 4 is 77.2 Å². The quantitative estimate of drug-likeness (QED) is 0.152. The Morgan fingerprint density at radius 3 is 2.04 bits per heavy atom. The van der Waals surface area contributed by atoms with E-state index in [1.54, 1.807) is 0 Å². The molecule has 0 atom stereocenters. The summed E-state index contributed by atoms with van der Waals surface area (Å²) in [7, 11) is 0. The van der Waals surface area contributed by atoms with E-state index in [0.717, 1.165) is 77.2 Å². The van der Waals surface area contributed by atoms with Gasteiger partial charge in [-0.2, -0.15) is 0 Å². The van der Waals surface area contributed by atoms with Crippen LogP contribution in [0, 0.1) is 0 Å². The van der Waals surface area contributed by atoms with E-state index in [1.165, 1.54) is 10.9 Å². The summed E-state index contributed by atoms with van der Waals surface area (Å²) in [4.78, 5) is 5.17. The fraction of sp³-hybridized carbons (Fsp3) is 0.0227. The van der Waals surface area contributed by atoms with Crippen LogP contribution in [0.15, 0.2) is 165 Å². The first-order valence-electron chi connectivity index (χ1n) is 16.5. The number of amidine groups is 1. The molecule has 0 spiro atoms. The Morgan fingerprint density at radius 2 is 1.18 bits per heavy atom. The molecule has 0 unspecified atom stereocenters. The van der Waals surface area contributed by atoms with Crippen molar-refractivity contribution in [2.45, 2.75) is 6.42 Å². The molecule has 3 aromatic heterocycles. The molecule has 49 heavy (non-hydrogen) atoms. The zero-order valence-electron chi connectivity index (χ0n) is 26.4. The van der Waals surface area contributed by atoms with Crippen molar-refractivity contribution in [3.63, 3.8) is 0 Å². The number of hydrogen-bond donors (Lipinski definition) is 1. The first kappa shape index (κ1) is 27.5. The minimum atomic E-state index is 0.367. The maximum absolute atomic E-state index is 7.00. The predicted molar refractivity (Wildman–Crippen MR) is 201 cm³/mol. The molecule has 0 aliphatic heterocycles. The minimum Gasteiger partial charge on any atom is -0.454 e. The number of nitrogens with zero attached hydrogens (tertiary/aromatic N) is 2. The summed E-state index contributed by atoms with van der Waals surface area (Å²) >= 11 is 0. The second-order valence-corrected chi connectivity index (χ2v) is 12.5. The largest absolute Gasteiger partial charge is 0.454 e. The topological polar surface area (TPSA) is 69.6 Å². The molecule has 5 heteroatoms. The van der Waals surface area contributed by atoms with Gasteiger partial charge in [-0.1, -0.05) is 115 Å². The normalized spacial score (nSPS) is 12.4. The van der Waals surface area contributed by atoms with Crippen molar-refractivity contribution in [3.8, 4) is 5.69 Å². The molecule has 0 aliphatic rings. The summed E-state index contributed by atoms with van der Waals surface area (Å²) in [5, 5.41) is 6.39. The van der Waals surface area contributed by atoms with Gasteiger partial charge in [0.1, 0.15) is 22.7 Å². The molecule has 0 saturated carbocycles. The fourth-order valence-electron chi connectivity index (χ4n) is 7.43. The van der Waals surface area contributed by atoms with Gasteiger partial charge in [-0.15, -0.1) is 0 Å². The molecule has 0 radical (unpaired) electrons. The van der Waals surface area contributed by atoms with Gasteiger partial charge in [0.05, 0.1) is 16.6 Å². The maximum atomic E-state index is 7.00. The Bertz CT molecular complexity index is 2910. The van der Waals surface area contributed by atoms with Crippen LogP contribution in [-0.2, 0) is 6.42 Å². The molecule has 0 saturated heterocycles. The van der Waals surface area contributed by atoms with Crippen molar-refractivity contribution in [2.75, 3.05) is 0 Å². The van der Waals surface area contributed by atoms with E-state index in [4.69, 9.17) is 19.6 Å². The number of furan rings is 2. The van der Waals surface area contributed by atoms with Gasteiger partial charge in [0, 0.05) is 38.0 Å². The highest BCUT2D eigenvalue weighted by atomic mass is 16.3. The van der Waals surface area contributed by atoms with Crippen LogP contribution in [0.25, 0.3) is 71.4 Å². The molecular weight excluding hydrogens is 603 g/mol. The van der Waals surface area contributed by atoms with E-state index in [1.807, 2.05) is 42.5 Å². The van der Waals surface area contributed by atoms with Gasteiger partial charge in [0.15, 0.2) is 11.2 Å². The van der Waals surface area contributed by atoms with Crippen LogP contribution in [-0.4, -0.2) is 10.4 Å². The zero-order valence-corrected chi connectivity index (χ0v) is 26.4. The van der Waals surface area contributed by atoms with Crippen molar-refractivity contribution in [2.24, 2.45) is 10.7 Å². The standard InChI is InChI=1S/C44H29N3O2/c45-44(46-39-28(26-27-12-3-1-4-13-27)22-23-34-31-17-8-10-21-38(31)48-42(34)39)36-19-11-18-33-35-25-24-32-30-16-7-9-20-37(30)47(29-14-5-2-6-15-29)40(32)43(35)49-41(33)36/h1-25H,26H2,(H2,45,46). The summed E-state index contributed by atoms with van der Waals surface area (Å²) in [5.74, 6) is 0.367. The second kappa shape index (κ2) is 10.7. The van der Waals surface area contributed by atoms with Crippen LogP contribution < -0.4 is 5.73 Å². The fourth-order valence-corrected chi connectivity index (χ4v) is 7.43. The van der Waals surface area contributed by atoms with Gasteiger partial charge in [-0.05, 0) is 53.9 Å². The lowest BCUT2D eigenvalue weighted by molar-refractivity contribution is 0.668. The number of aromatic nitrogens is 1. The van der Waals surface area contributed by atoms with Crippen LogP contribution in [0.2, 0.25) is 0 Å². The molecule has 0 amide bonds. The number of hydrogen-bond acceptors (Lipinski definition) is 3. The van der Waals surface area contributed by atoms with Crippen LogP contribution in [0.5, 0.6) is 0 Å². The number of rotatable bonds is 5. The van der Waals surface area contributed by atoms with Gasteiger partial charge in [0.2, 0.25) is 0 Å². The van der Waals surface area contributed by atoms with E-state index in [-0.39, 0.29) is 0 Å². The Kier molecular flexibility index (Phi) is 6.02. The van der Waals surface area contributed by atoms with Gasteiger partial charge >= 0.3 is 0 Å². The summed E-state index contributed by atoms with van der Waals surface area (Å²) in [6, 6.07) is 52.2. The highest BCUT2D eigenvalue weighted by molar-refractivity contribution is 6.23. The number of benzene rings is 7. The summed E-state index contributed by atoms with van der Waals surface area (Å²) < 4.78 is 15.7. The maximum Gasteiger partial charge on any atom is 0.161 e. The van der Waals surface area contributed by atoms with Crippen LogP contribution in [0.4, 0.5) is 5.69 Å². The van der Waals surface area contributed by atoms with Crippen LogP contribution in [0.1, 0.15) is 16.7 Å². The molecule has 10 aromatic rings. The van der Waals surface area contributed by atoms with E-state index >= 15 is 0 Å². The van der Waals surface area contributed by atoms with Crippen molar-refractivity contribution in [1.82, 2.24) is 4.57 Å². The Hall–Kier alpha value is -6.59. The third kappa shape index (κ3) is 4.22. The van der Waals surface area contributed by atoms with Gasteiger partial charge in [-0.3, -0.25) is 0 Å². The van der Waals surface area contributed by atoms with E-state index < -0.39 is 0 Å². The predicted octanol–water partition coefficient (Wildman–Crippen LogP) is 11.2. The molecule has 232 valence electrons. The van der Waals surface area contributed by atoms with Crippen LogP contribution >= 0.6 is 0 Å². The lowest BCUT2D eigenvalue weighted by Crippen LogP contribution is -2.13. The number of nitrogens with two attached hydrogens (primary N) is 1. The minimum absolute atomic E-state index is 0.367. The van der Waals surface area contributed by atoms with E-state index in [0.29, 0.717) is 17.8 Å². The Balaban J connectivity index is 1.22. The lowest BCUT2D eigenvalue weighted by atomic mass is 10.0. The van der Waals surface area contributed by atoms with E-state index in [9.17, 15) is 0 Å². The van der Waals surface area contributed by atoms with Crippen molar-refractivity contribution in [3.05, 3.63) is 168 Å². The molecule has 7 aromatic carbocycles. The lowest BCUT2D eigenvalue weighted by Gasteiger charge is -2.09. The summed E-state index contributed by atoms with van der Waals surface area (Å²) in [6.07, 6.45) is 0.691. The zero-order chi connectivity index (χ0) is 32.5. The number of fused-ring (bicyclic) bond motifs is 10. The Morgan fingerprint density at radius 1 is 0.531 bits per heavy atom. The smallest absolute Gasteiger partial charge is 0.161 e. The van der Waals surface area contributed by atoms with E-state index in [2.05, 4.69) is 114 Å². The van der Waals surface area contributed by atoms with Crippen molar-refractivity contribution in [1.29, 1.82) is 0 Å². The summed E-state index contributed by atoms with van der Waals surface area (Å²) in [5.41, 5.74) is 17.0.